The van der Waals surface area contributed by atoms with Crippen LogP contribution in [0.3, 0.4) is 0 Å². The normalized spacial score (nSPS) is 12.1. The molecular formula is C15H14ClN5O5S. The molecule has 0 bridgehead atoms. The van der Waals surface area contributed by atoms with Crippen LogP contribution in [0.1, 0.15) is 11.1 Å². The number of hydrazone groups is 1. The van der Waals surface area contributed by atoms with E-state index in [-0.39, 0.29) is 21.2 Å². The molecule has 2 aromatic rings. The molecule has 2 rings (SSSR count). The minimum Gasteiger partial charge on any atom is -0.366 e. The van der Waals surface area contributed by atoms with Crippen molar-refractivity contribution in [1.82, 2.24) is 5.43 Å². The van der Waals surface area contributed by atoms with E-state index in [1.165, 1.54) is 30.3 Å². The van der Waals surface area contributed by atoms with Crippen molar-refractivity contribution in [2.24, 2.45) is 16.0 Å². The molecule has 0 saturated carbocycles. The summed E-state index contributed by atoms with van der Waals surface area (Å²) in [7, 11) is -4.13. The number of benzene rings is 2. The molecule has 0 atom stereocenters. The van der Waals surface area contributed by atoms with Gasteiger partial charge in [0, 0.05) is 22.7 Å². The molecule has 0 amide bonds. The predicted molar refractivity (Wildman–Crippen MR) is 99.9 cm³/mol. The summed E-state index contributed by atoms with van der Waals surface area (Å²) in [5, 5.41) is 17.9. The lowest BCUT2D eigenvalue weighted by Crippen LogP contribution is -2.28. The number of non-ortho nitro benzene ring substituents is 1. The molecule has 0 aromatic heterocycles. The highest BCUT2D eigenvalue weighted by Crippen LogP contribution is 2.20. The van der Waals surface area contributed by atoms with E-state index >= 15 is 0 Å². The molecule has 0 aliphatic heterocycles. The second kappa shape index (κ2) is 8.47. The van der Waals surface area contributed by atoms with Crippen LogP contribution < -0.4 is 11.2 Å². The van der Waals surface area contributed by atoms with Crippen molar-refractivity contribution >= 4 is 39.6 Å². The van der Waals surface area contributed by atoms with Crippen LogP contribution in [0.25, 0.3) is 0 Å². The Morgan fingerprint density at radius 3 is 2.59 bits per heavy atom. The van der Waals surface area contributed by atoms with Crippen LogP contribution in [-0.2, 0) is 14.4 Å². The average Bonchev–Trinajstić information content (AvgIpc) is 2.62. The first-order chi connectivity index (χ1) is 12.7. The summed E-state index contributed by atoms with van der Waals surface area (Å²) >= 11 is 5.91. The first-order valence-electron chi connectivity index (χ1n) is 7.26. The van der Waals surface area contributed by atoms with Crippen LogP contribution in [0.2, 0.25) is 5.02 Å². The third-order valence-corrected chi connectivity index (χ3v) is 4.58. The largest absolute Gasteiger partial charge is 0.366 e. The van der Waals surface area contributed by atoms with Gasteiger partial charge in [-0.1, -0.05) is 29.3 Å². The van der Waals surface area contributed by atoms with Crippen molar-refractivity contribution in [3.05, 3.63) is 68.7 Å². The van der Waals surface area contributed by atoms with Gasteiger partial charge in [0.05, 0.1) is 11.1 Å². The summed E-state index contributed by atoms with van der Waals surface area (Å²) < 4.78 is 28.4. The molecule has 0 fully saturated rings. The third-order valence-electron chi connectivity index (χ3n) is 3.12. The van der Waals surface area contributed by atoms with Crippen molar-refractivity contribution in [3.8, 4) is 0 Å². The maximum Gasteiger partial charge on any atom is 0.358 e. The number of nitro groups is 1. The molecule has 0 aliphatic carbocycles. The second-order valence-electron chi connectivity index (χ2n) is 5.15. The Balaban J connectivity index is 2.04. The third kappa shape index (κ3) is 5.66. The number of nitro benzene ring substituents is 1. The Morgan fingerprint density at radius 1 is 1.30 bits per heavy atom. The van der Waals surface area contributed by atoms with E-state index < -0.39 is 21.0 Å². The first-order valence-corrected chi connectivity index (χ1v) is 9.04. The Kier molecular flexibility index (Phi) is 6.32. The van der Waals surface area contributed by atoms with Gasteiger partial charge in [0.25, 0.3) is 11.6 Å². The van der Waals surface area contributed by atoms with Crippen LogP contribution in [0.4, 0.5) is 5.69 Å². The summed E-state index contributed by atoms with van der Waals surface area (Å²) in [6.07, 6.45) is 1.16. The number of nitrogens with two attached hydrogens (primary N) is 1. The molecule has 0 saturated heterocycles. The number of hydrogen-bond acceptors (Lipinski definition) is 7. The van der Waals surface area contributed by atoms with Crippen molar-refractivity contribution in [3.63, 3.8) is 0 Å². The Hall–Kier alpha value is -3.18. The molecule has 0 unspecified atom stereocenters. The van der Waals surface area contributed by atoms with Gasteiger partial charge in [-0.15, -0.1) is 0 Å². The Morgan fingerprint density at radius 2 is 1.96 bits per heavy atom. The van der Waals surface area contributed by atoms with Gasteiger partial charge in [-0.25, -0.2) is 5.43 Å². The first kappa shape index (κ1) is 20.1. The highest BCUT2D eigenvalue weighted by atomic mass is 35.5. The Bertz CT molecular complexity index is 1010. The Labute approximate surface area is 159 Å². The highest BCUT2D eigenvalue weighted by molar-refractivity contribution is 7.86. The van der Waals surface area contributed by atoms with E-state index in [1.54, 1.807) is 12.1 Å². The number of nitrogens with one attached hydrogen (secondary N) is 1. The minimum atomic E-state index is -4.13. The van der Waals surface area contributed by atoms with E-state index in [0.29, 0.717) is 0 Å². The van der Waals surface area contributed by atoms with Crippen molar-refractivity contribution in [2.45, 2.75) is 11.8 Å². The topological polar surface area (TPSA) is 149 Å². The number of rotatable bonds is 6. The molecule has 27 heavy (non-hydrogen) atoms. The fourth-order valence-electron chi connectivity index (χ4n) is 1.77. The number of guanidine groups is 1. The highest BCUT2D eigenvalue weighted by Gasteiger charge is 2.15. The van der Waals surface area contributed by atoms with Gasteiger partial charge in [0.2, 0.25) is 0 Å². The molecule has 0 aliphatic rings. The number of halogens is 1. The lowest BCUT2D eigenvalue weighted by molar-refractivity contribution is -0.384. The molecule has 0 radical (unpaired) electrons. The molecule has 0 spiro atoms. The molecule has 2 aromatic carbocycles. The van der Waals surface area contributed by atoms with Gasteiger partial charge in [0.1, 0.15) is 4.90 Å². The summed E-state index contributed by atoms with van der Waals surface area (Å²) in [4.78, 5) is 10.1. The van der Waals surface area contributed by atoms with Crippen molar-refractivity contribution in [1.29, 1.82) is 0 Å². The predicted octanol–water partition coefficient (Wildman–Crippen LogP) is 2.12. The number of nitrogens with zero attached hydrogens (tertiary/aromatic N) is 3. The average molecular weight is 412 g/mol. The van der Waals surface area contributed by atoms with Crippen LogP contribution >= 0.6 is 11.6 Å². The quantitative estimate of drug-likeness (QED) is 0.320. The van der Waals surface area contributed by atoms with Crippen LogP contribution in [0, 0.1) is 17.0 Å². The lowest BCUT2D eigenvalue weighted by atomic mass is 10.2. The monoisotopic (exact) mass is 411 g/mol. The number of hydrogen-bond donors (Lipinski definition) is 2. The van der Waals surface area contributed by atoms with Gasteiger partial charge < -0.3 is 5.73 Å². The zero-order valence-corrected chi connectivity index (χ0v) is 15.4. The molecular weight excluding hydrogens is 398 g/mol. The minimum absolute atomic E-state index is 0.0865. The zero-order valence-electron chi connectivity index (χ0n) is 13.9. The second-order valence-corrected chi connectivity index (χ2v) is 7.09. The van der Waals surface area contributed by atoms with E-state index in [0.717, 1.165) is 11.8 Å². The standard InChI is InChI=1S/C15H14ClN5O5S/c1-10-2-5-13(6-3-10)27(24,25)26-20-15(17)19-18-9-11-8-12(21(22)23)4-7-14(11)16/h2-9H,1H3,(H3,17,19,20). The summed E-state index contributed by atoms with van der Waals surface area (Å²) in [6.45, 7) is 1.81. The fourth-order valence-corrected chi connectivity index (χ4v) is 2.67. The van der Waals surface area contributed by atoms with Crippen molar-refractivity contribution < 1.29 is 17.6 Å². The molecule has 3 N–H and O–H groups in total. The number of oxime groups is 1. The maximum absolute atomic E-state index is 12.0. The van der Waals surface area contributed by atoms with Gasteiger partial charge in [-0.2, -0.15) is 13.5 Å². The van der Waals surface area contributed by atoms with Gasteiger partial charge in [-0.05, 0) is 30.3 Å². The molecule has 142 valence electrons. The SMILES string of the molecule is Cc1ccc(S(=O)(=O)ON=C(N)NN=Cc2cc([N+](=O)[O-])ccc2Cl)cc1. The van der Waals surface area contributed by atoms with Crippen molar-refractivity contribution in [2.75, 3.05) is 0 Å². The van der Waals surface area contributed by atoms with E-state index in [1.807, 2.05) is 6.92 Å². The number of aryl methyl sites for hydroxylation is 1. The summed E-state index contributed by atoms with van der Waals surface area (Å²) in [5.74, 6) is -0.455. The van der Waals surface area contributed by atoms with Crippen LogP contribution in [0.5, 0.6) is 0 Å². The van der Waals surface area contributed by atoms with Gasteiger partial charge in [0.15, 0.2) is 0 Å². The lowest BCUT2D eigenvalue weighted by Gasteiger charge is -2.03. The van der Waals surface area contributed by atoms with Crippen LogP contribution in [0.15, 0.2) is 57.6 Å². The molecule has 10 nitrogen and oxygen atoms in total. The summed E-state index contributed by atoms with van der Waals surface area (Å²) in [6, 6.07) is 9.74. The van der Waals surface area contributed by atoms with Gasteiger partial charge in [-0.3, -0.25) is 14.4 Å². The summed E-state index contributed by atoms with van der Waals surface area (Å²) in [5.41, 5.74) is 8.64. The van der Waals surface area contributed by atoms with E-state index in [4.69, 9.17) is 17.3 Å². The smallest absolute Gasteiger partial charge is 0.358 e. The van der Waals surface area contributed by atoms with Gasteiger partial charge >= 0.3 is 10.1 Å². The van der Waals surface area contributed by atoms with Crippen LogP contribution in [-0.4, -0.2) is 25.5 Å². The zero-order chi connectivity index (χ0) is 20.0. The van der Waals surface area contributed by atoms with E-state index in [2.05, 4.69) is 20.0 Å². The van der Waals surface area contributed by atoms with E-state index in [9.17, 15) is 18.5 Å². The fraction of sp³-hybridized carbons (Fsp3) is 0.0667. The molecule has 12 heteroatoms. The maximum atomic E-state index is 12.0. The molecule has 0 heterocycles.